The molecule has 0 atom stereocenters. The van der Waals surface area contributed by atoms with Crippen LogP contribution in [-0.4, -0.2) is 11.8 Å². The first kappa shape index (κ1) is 36.9. The molecule has 2 aliphatic carbocycles. The predicted octanol–water partition coefficient (Wildman–Crippen LogP) is 12.7. The van der Waals surface area contributed by atoms with Crippen molar-refractivity contribution in [2.45, 2.75) is 153 Å². The van der Waals surface area contributed by atoms with Crippen molar-refractivity contribution in [3.63, 3.8) is 0 Å². The molecule has 2 N–H and O–H groups in total. The van der Waals surface area contributed by atoms with Crippen LogP contribution in [0.2, 0.25) is 0 Å². The van der Waals surface area contributed by atoms with Crippen LogP contribution in [0.3, 0.4) is 0 Å². The van der Waals surface area contributed by atoms with Crippen molar-refractivity contribution in [3.8, 4) is 0 Å². The monoisotopic (exact) mass is 664 g/mol. The molecule has 2 aromatic rings. The minimum atomic E-state index is 0.136. The van der Waals surface area contributed by atoms with Crippen LogP contribution < -0.4 is 10.6 Å². The van der Waals surface area contributed by atoms with Gasteiger partial charge >= 0.3 is 0 Å². The number of carbonyl (C=O) groups is 2. The molecule has 2 amide bonds. The van der Waals surface area contributed by atoms with E-state index in [1.54, 1.807) is 21.6 Å². The molecule has 0 unspecified atom stereocenters. The van der Waals surface area contributed by atoms with Gasteiger partial charge in [0.15, 0.2) is 0 Å². The molecule has 46 heavy (non-hydrogen) atoms. The molecule has 0 spiro atoms. The summed E-state index contributed by atoms with van der Waals surface area (Å²) in [6.45, 7) is 9.17. The van der Waals surface area contributed by atoms with Gasteiger partial charge in [0.25, 0.3) is 0 Å². The first-order chi connectivity index (χ1) is 22.3. The lowest BCUT2D eigenvalue weighted by Crippen LogP contribution is -2.32. The van der Waals surface area contributed by atoms with Gasteiger partial charge in [0.05, 0.1) is 11.4 Å². The maximum absolute atomic E-state index is 13.6. The van der Waals surface area contributed by atoms with Crippen LogP contribution in [0.1, 0.15) is 143 Å². The van der Waals surface area contributed by atoms with Crippen LogP contribution in [0.5, 0.6) is 0 Å². The Labute approximate surface area is 288 Å². The first-order valence-electron chi connectivity index (χ1n) is 18.5. The Morgan fingerprint density at radius 2 is 0.935 bits per heavy atom. The second-order valence-electron chi connectivity index (χ2n) is 14.5. The maximum atomic E-state index is 13.6. The number of para-hydroxylation sites is 2. The van der Waals surface area contributed by atoms with E-state index in [4.69, 9.17) is 0 Å². The molecule has 2 saturated carbocycles. The van der Waals surface area contributed by atoms with Crippen molar-refractivity contribution in [1.82, 2.24) is 0 Å². The number of amides is 2. The fraction of sp³-hybridized carbons (Fsp3) is 0.650. The van der Waals surface area contributed by atoms with Crippen molar-refractivity contribution < 1.29 is 9.59 Å². The zero-order chi connectivity index (χ0) is 32.8. The molecule has 254 valence electrons. The van der Waals surface area contributed by atoms with Crippen LogP contribution >= 0.6 is 21.6 Å². The lowest BCUT2D eigenvalue weighted by atomic mass is 9.66. The van der Waals surface area contributed by atoms with E-state index in [-0.39, 0.29) is 22.6 Å². The standard InChI is InChI=1S/C40H60N2O2S2/c1-5-31(6-2)27-39(23-15-9-16-24-39)29-37(43)41-33-19-11-13-21-35(33)45-46-36-22-14-12-20-34(36)42-38(44)30-40(25-17-10-18-26-40)28-32(7-3)8-4/h11-14,19-22,31-32H,5-10,15-18,23-30H2,1-4H3,(H,41,43)(H,42,44). The third-order valence-electron chi connectivity index (χ3n) is 11.2. The molecular formula is C40H60N2O2S2. The Hall–Kier alpha value is -1.92. The molecule has 0 aromatic heterocycles. The van der Waals surface area contributed by atoms with Crippen LogP contribution in [0, 0.1) is 22.7 Å². The van der Waals surface area contributed by atoms with E-state index >= 15 is 0 Å². The maximum Gasteiger partial charge on any atom is 0.224 e. The summed E-state index contributed by atoms with van der Waals surface area (Å²) in [6, 6.07) is 16.3. The summed E-state index contributed by atoms with van der Waals surface area (Å²) in [5.74, 6) is 1.68. The highest BCUT2D eigenvalue weighted by atomic mass is 33.1. The van der Waals surface area contributed by atoms with E-state index in [9.17, 15) is 9.59 Å². The lowest BCUT2D eigenvalue weighted by molar-refractivity contribution is -0.120. The van der Waals surface area contributed by atoms with E-state index in [0.717, 1.165) is 21.2 Å². The Kier molecular flexibility index (Phi) is 14.9. The van der Waals surface area contributed by atoms with Gasteiger partial charge in [0.1, 0.15) is 0 Å². The fourth-order valence-electron chi connectivity index (χ4n) is 8.33. The molecule has 0 saturated heterocycles. The zero-order valence-corrected chi connectivity index (χ0v) is 30.8. The number of hydrogen-bond donors (Lipinski definition) is 2. The zero-order valence-electron chi connectivity index (χ0n) is 29.1. The SMILES string of the molecule is CCC(CC)CC1(CC(=O)Nc2ccccc2SSc2ccccc2NC(=O)CC2(CC(CC)CC)CCCCC2)CCCCC1. The normalized spacial score (nSPS) is 17.6. The van der Waals surface area contributed by atoms with Crippen LogP contribution in [0.4, 0.5) is 11.4 Å². The summed E-state index contributed by atoms with van der Waals surface area (Å²) in [4.78, 5) is 29.2. The molecule has 0 aliphatic heterocycles. The summed E-state index contributed by atoms with van der Waals surface area (Å²) in [7, 11) is 3.29. The van der Waals surface area contributed by atoms with Gasteiger partial charge in [-0.25, -0.2) is 0 Å². The average Bonchev–Trinajstić information content (AvgIpc) is 3.07. The van der Waals surface area contributed by atoms with Crippen LogP contribution in [0.25, 0.3) is 0 Å². The van der Waals surface area contributed by atoms with E-state index in [1.165, 1.54) is 103 Å². The Morgan fingerprint density at radius 1 is 0.587 bits per heavy atom. The van der Waals surface area contributed by atoms with Gasteiger partial charge in [0, 0.05) is 22.6 Å². The Morgan fingerprint density at radius 3 is 1.28 bits per heavy atom. The van der Waals surface area contributed by atoms with Gasteiger partial charge in [-0.05, 0) is 85.5 Å². The molecule has 2 fully saturated rings. The minimum Gasteiger partial charge on any atom is -0.325 e. The number of anilines is 2. The molecular weight excluding hydrogens is 605 g/mol. The van der Waals surface area contributed by atoms with E-state index in [0.29, 0.717) is 24.7 Å². The summed E-state index contributed by atoms with van der Waals surface area (Å²) in [6.07, 6.45) is 20.6. The van der Waals surface area contributed by atoms with Crippen molar-refractivity contribution >= 4 is 44.8 Å². The van der Waals surface area contributed by atoms with Gasteiger partial charge in [-0.1, -0.05) is 138 Å². The second-order valence-corrected chi connectivity index (χ2v) is 16.7. The summed E-state index contributed by atoms with van der Waals surface area (Å²) >= 11 is 0. The summed E-state index contributed by atoms with van der Waals surface area (Å²) in [5, 5.41) is 6.61. The van der Waals surface area contributed by atoms with Gasteiger partial charge in [-0.3, -0.25) is 9.59 Å². The Balaban J connectivity index is 1.40. The highest BCUT2D eigenvalue weighted by Gasteiger charge is 2.37. The van der Waals surface area contributed by atoms with E-state index in [1.807, 2.05) is 36.4 Å². The largest absolute Gasteiger partial charge is 0.325 e. The number of nitrogens with one attached hydrogen (secondary N) is 2. The lowest BCUT2D eigenvalue weighted by Gasteiger charge is -2.39. The number of carbonyl (C=O) groups excluding carboxylic acids is 2. The van der Waals surface area contributed by atoms with Gasteiger partial charge < -0.3 is 10.6 Å². The predicted molar refractivity (Wildman–Crippen MR) is 200 cm³/mol. The van der Waals surface area contributed by atoms with E-state index < -0.39 is 0 Å². The first-order valence-corrected chi connectivity index (χ1v) is 20.6. The van der Waals surface area contributed by atoms with Crippen molar-refractivity contribution in [1.29, 1.82) is 0 Å². The molecule has 4 rings (SSSR count). The topological polar surface area (TPSA) is 58.2 Å². The average molecular weight is 665 g/mol. The molecule has 0 heterocycles. The number of hydrogen-bond acceptors (Lipinski definition) is 4. The van der Waals surface area contributed by atoms with Crippen molar-refractivity contribution in [2.24, 2.45) is 22.7 Å². The second kappa shape index (κ2) is 18.6. The van der Waals surface area contributed by atoms with Crippen molar-refractivity contribution in [3.05, 3.63) is 48.5 Å². The molecule has 6 heteroatoms. The highest BCUT2D eigenvalue weighted by molar-refractivity contribution is 8.76. The Bertz CT molecular complexity index is 1130. The third-order valence-corrected chi connectivity index (χ3v) is 13.7. The molecule has 2 aliphatic rings. The third kappa shape index (κ3) is 10.8. The molecule has 0 bridgehead atoms. The van der Waals surface area contributed by atoms with Crippen LogP contribution in [-0.2, 0) is 9.59 Å². The van der Waals surface area contributed by atoms with Gasteiger partial charge in [-0.2, -0.15) is 0 Å². The molecule has 2 aromatic carbocycles. The smallest absolute Gasteiger partial charge is 0.224 e. The number of benzene rings is 2. The van der Waals surface area contributed by atoms with Gasteiger partial charge in [0.2, 0.25) is 11.8 Å². The quantitative estimate of drug-likeness (QED) is 0.165. The molecule has 0 radical (unpaired) electrons. The van der Waals surface area contributed by atoms with Crippen LogP contribution in [0.15, 0.2) is 58.3 Å². The van der Waals surface area contributed by atoms with Crippen molar-refractivity contribution in [2.75, 3.05) is 10.6 Å². The summed E-state index contributed by atoms with van der Waals surface area (Å²) < 4.78 is 0. The fourth-order valence-corrected chi connectivity index (χ4v) is 10.6. The molecule has 4 nitrogen and oxygen atoms in total. The van der Waals surface area contributed by atoms with E-state index in [2.05, 4.69) is 50.5 Å². The minimum absolute atomic E-state index is 0.136. The number of rotatable bonds is 17. The highest BCUT2D eigenvalue weighted by Crippen LogP contribution is 2.48. The van der Waals surface area contributed by atoms with Gasteiger partial charge in [-0.15, -0.1) is 0 Å². The summed E-state index contributed by atoms with van der Waals surface area (Å²) in [5.41, 5.74) is 2.02.